The second-order valence-electron chi connectivity index (χ2n) is 4.04. The summed E-state index contributed by atoms with van der Waals surface area (Å²) in [7, 11) is 1.59. The Morgan fingerprint density at radius 1 is 1.26 bits per heavy atom. The summed E-state index contributed by atoms with van der Waals surface area (Å²) in [6.45, 7) is 0. The van der Waals surface area contributed by atoms with Crippen LogP contribution in [0.5, 0.6) is 5.75 Å². The van der Waals surface area contributed by atoms with E-state index < -0.39 is 0 Å². The molecular formula is C15H12ClIO2. The lowest BCUT2D eigenvalue weighted by molar-refractivity contribution is 0.0991. The normalized spacial score (nSPS) is 10.3. The molecule has 4 heteroatoms. The monoisotopic (exact) mass is 386 g/mol. The molecule has 0 aliphatic rings. The van der Waals surface area contributed by atoms with Crippen molar-refractivity contribution in [2.45, 2.75) is 6.42 Å². The molecule has 0 aromatic heterocycles. The number of ketones is 1. The fraction of sp³-hybridized carbons (Fsp3) is 0.133. The second kappa shape index (κ2) is 6.39. The first kappa shape index (κ1) is 14.3. The summed E-state index contributed by atoms with van der Waals surface area (Å²) in [6, 6.07) is 12.8. The molecule has 0 aliphatic heterocycles. The molecule has 2 aromatic carbocycles. The first-order chi connectivity index (χ1) is 9.11. The van der Waals surface area contributed by atoms with E-state index in [0.717, 1.165) is 14.7 Å². The minimum absolute atomic E-state index is 0.0607. The van der Waals surface area contributed by atoms with Crippen LogP contribution in [-0.2, 0) is 6.42 Å². The van der Waals surface area contributed by atoms with Crippen molar-refractivity contribution >= 4 is 40.0 Å². The zero-order chi connectivity index (χ0) is 13.8. The summed E-state index contributed by atoms with van der Waals surface area (Å²) in [6.07, 6.45) is 0.281. The molecule has 0 bridgehead atoms. The van der Waals surface area contributed by atoms with E-state index in [1.807, 2.05) is 24.3 Å². The molecule has 0 saturated heterocycles. The zero-order valence-corrected chi connectivity index (χ0v) is 13.2. The standard InChI is InChI=1S/C15H12ClIO2/c1-19-15-7-6-11(16)8-10(15)9-14(18)12-4-2-3-5-13(12)17/h2-8H,9H2,1H3. The number of carbonyl (C=O) groups excluding carboxylic acids is 1. The molecule has 0 fully saturated rings. The van der Waals surface area contributed by atoms with E-state index in [2.05, 4.69) is 22.6 Å². The molecule has 0 heterocycles. The number of ether oxygens (including phenoxy) is 1. The van der Waals surface area contributed by atoms with Crippen molar-refractivity contribution in [1.29, 1.82) is 0 Å². The number of benzene rings is 2. The molecule has 0 spiro atoms. The van der Waals surface area contributed by atoms with Gasteiger partial charge in [0.25, 0.3) is 0 Å². The number of Topliss-reactive ketones (excluding diaryl/α,β-unsaturated/α-hetero) is 1. The molecule has 2 rings (SSSR count). The second-order valence-corrected chi connectivity index (χ2v) is 5.63. The van der Waals surface area contributed by atoms with Crippen molar-refractivity contribution in [3.63, 3.8) is 0 Å². The molecule has 2 aromatic rings. The number of hydrogen-bond donors (Lipinski definition) is 0. The summed E-state index contributed by atoms with van der Waals surface area (Å²) in [5.74, 6) is 0.745. The number of halogens is 2. The smallest absolute Gasteiger partial charge is 0.168 e. The van der Waals surface area contributed by atoms with E-state index >= 15 is 0 Å². The lowest BCUT2D eigenvalue weighted by atomic mass is 10.0. The number of methoxy groups -OCH3 is 1. The minimum atomic E-state index is 0.0607. The van der Waals surface area contributed by atoms with Crippen molar-refractivity contribution in [1.82, 2.24) is 0 Å². The molecule has 19 heavy (non-hydrogen) atoms. The summed E-state index contributed by atoms with van der Waals surface area (Å²) in [5.41, 5.74) is 1.53. The fourth-order valence-corrected chi connectivity index (χ4v) is 2.72. The lowest BCUT2D eigenvalue weighted by Crippen LogP contribution is -2.06. The van der Waals surface area contributed by atoms with Crippen LogP contribution in [0, 0.1) is 3.57 Å². The van der Waals surface area contributed by atoms with E-state index in [9.17, 15) is 4.79 Å². The van der Waals surface area contributed by atoms with Crippen LogP contribution in [-0.4, -0.2) is 12.9 Å². The molecule has 0 amide bonds. The predicted octanol–water partition coefficient (Wildman–Crippen LogP) is 4.38. The van der Waals surface area contributed by atoms with Gasteiger partial charge >= 0.3 is 0 Å². The van der Waals surface area contributed by atoms with Gasteiger partial charge in [-0.25, -0.2) is 0 Å². The topological polar surface area (TPSA) is 26.3 Å². The highest BCUT2D eigenvalue weighted by atomic mass is 127. The van der Waals surface area contributed by atoms with Gasteiger partial charge in [-0.15, -0.1) is 0 Å². The van der Waals surface area contributed by atoms with Gasteiger partial charge in [-0.1, -0.05) is 29.8 Å². The van der Waals surface area contributed by atoms with Gasteiger partial charge in [0, 0.05) is 26.1 Å². The quantitative estimate of drug-likeness (QED) is 0.576. The zero-order valence-electron chi connectivity index (χ0n) is 10.3. The van der Waals surface area contributed by atoms with E-state index in [0.29, 0.717) is 10.8 Å². The highest BCUT2D eigenvalue weighted by Crippen LogP contribution is 2.24. The van der Waals surface area contributed by atoms with Crippen LogP contribution in [0.2, 0.25) is 5.02 Å². The highest BCUT2D eigenvalue weighted by molar-refractivity contribution is 14.1. The van der Waals surface area contributed by atoms with Gasteiger partial charge in [0.05, 0.1) is 7.11 Å². The number of rotatable bonds is 4. The lowest BCUT2D eigenvalue weighted by Gasteiger charge is -2.09. The fourth-order valence-electron chi connectivity index (χ4n) is 1.84. The third-order valence-electron chi connectivity index (χ3n) is 2.77. The Morgan fingerprint density at radius 3 is 2.68 bits per heavy atom. The van der Waals surface area contributed by atoms with Gasteiger partial charge in [0.2, 0.25) is 0 Å². The molecule has 98 valence electrons. The van der Waals surface area contributed by atoms with E-state index in [-0.39, 0.29) is 12.2 Å². The molecule has 0 atom stereocenters. The van der Waals surface area contributed by atoms with Crippen molar-refractivity contribution in [2.75, 3.05) is 7.11 Å². The Labute approximate surface area is 130 Å². The SMILES string of the molecule is COc1ccc(Cl)cc1CC(=O)c1ccccc1I. The van der Waals surface area contributed by atoms with Crippen molar-refractivity contribution in [3.8, 4) is 5.75 Å². The summed E-state index contributed by atoms with van der Waals surface area (Å²) in [5, 5.41) is 0.603. The van der Waals surface area contributed by atoms with Crippen LogP contribution in [0.25, 0.3) is 0 Å². The van der Waals surface area contributed by atoms with Gasteiger partial charge in [0.15, 0.2) is 5.78 Å². The van der Waals surface area contributed by atoms with Gasteiger partial charge in [-0.05, 0) is 46.9 Å². The maximum Gasteiger partial charge on any atom is 0.168 e. The third kappa shape index (κ3) is 3.48. The predicted molar refractivity (Wildman–Crippen MR) is 85.2 cm³/mol. The average molecular weight is 387 g/mol. The van der Waals surface area contributed by atoms with Gasteiger partial charge in [-0.2, -0.15) is 0 Å². The molecule has 0 aliphatic carbocycles. The minimum Gasteiger partial charge on any atom is -0.496 e. The van der Waals surface area contributed by atoms with Crippen LogP contribution in [0.1, 0.15) is 15.9 Å². The van der Waals surface area contributed by atoms with Crippen LogP contribution >= 0.6 is 34.2 Å². The Morgan fingerprint density at radius 2 is 2.00 bits per heavy atom. The summed E-state index contributed by atoms with van der Waals surface area (Å²) in [4.78, 5) is 12.3. The largest absolute Gasteiger partial charge is 0.496 e. The summed E-state index contributed by atoms with van der Waals surface area (Å²) >= 11 is 8.13. The van der Waals surface area contributed by atoms with Crippen molar-refractivity contribution < 1.29 is 9.53 Å². The maximum absolute atomic E-state index is 12.3. The van der Waals surface area contributed by atoms with Crippen LogP contribution in [0.15, 0.2) is 42.5 Å². The Kier molecular flexibility index (Phi) is 4.82. The molecule has 0 unspecified atom stereocenters. The van der Waals surface area contributed by atoms with Gasteiger partial charge in [0.1, 0.15) is 5.75 Å². The summed E-state index contributed by atoms with van der Waals surface area (Å²) < 4.78 is 6.20. The maximum atomic E-state index is 12.3. The van der Waals surface area contributed by atoms with E-state index in [1.165, 1.54) is 0 Å². The van der Waals surface area contributed by atoms with Crippen molar-refractivity contribution in [2.24, 2.45) is 0 Å². The highest BCUT2D eigenvalue weighted by Gasteiger charge is 2.13. The molecular weight excluding hydrogens is 375 g/mol. The molecule has 0 N–H and O–H groups in total. The van der Waals surface area contributed by atoms with Crippen LogP contribution in [0.3, 0.4) is 0 Å². The molecule has 2 nitrogen and oxygen atoms in total. The number of hydrogen-bond acceptors (Lipinski definition) is 2. The number of carbonyl (C=O) groups is 1. The van der Waals surface area contributed by atoms with Crippen LogP contribution in [0.4, 0.5) is 0 Å². The molecule has 0 saturated carbocycles. The first-order valence-electron chi connectivity index (χ1n) is 5.72. The van der Waals surface area contributed by atoms with Crippen LogP contribution < -0.4 is 4.74 Å². The first-order valence-corrected chi connectivity index (χ1v) is 7.17. The average Bonchev–Trinajstić information content (AvgIpc) is 2.39. The third-order valence-corrected chi connectivity index (χ3v) is 3.94. The van der Waals surface area contributed by atoms with E-state index in [4.69, 9.17) is 16.3 Å². The van der Waals surface area contributed by atoms with Crippen molar-refractivity contribution in [3.05, 3.63) is 62.2 Å². The van der Waals surface area contributed by atoms with Gasteiger partial charge < -0.3 is 4.74 Å². The van der Waals surface area contributed by atoms with Gasteiger partial charge in [-0.3, -0.25) is 4.79 Å². The Balaban J connectivity index is 2.29. The Hall–Kier alpha value is -1.07. The Bertz CT molecular complexity index is 611. The molecule has 0 radical (unpaired) electrons. The van der Waals surface area contributed by atoms with E-state index in [1.54, 1.807) is 25.3 Å².